The van der Waals surface area contributed by atoms with Crippen molar-refractivity contribution in [1.82, 2.24) is 9.97 Å². The maximum Gasteiger partial charge on any atom is 0.259 e. The Hall–Kier alpha value is -3.25. The third-order valence-electron chi connectivity index (χ3n) is 4.52. The molecule has 1 atom stereocenters. The summed E-state index contributed by atoms with van der Waals surface area (Å²) < 4.78 is 11.4. The van der Waals surface area contributed by atoms with E-state index in [2.05, 4.69) is 15.3 Å². The molecule has 0 spiro atoms. The Morgan fingerprint density at radius 3 is 2.57 bits per heavy atom. The van der Waals surface area contributed by atoms with E-state index in [9.17, 15) is 4.79 Å². The lowest BCUT2D eigenvalue weighted by atomic mass is 10.2. The van der Waals surface area contributed by atoms with Crippen molar-refractivity contribution < 1.29 is 14.3 Å². The predicted octanol–water partition coefficient (Wildman–Crippen LogP) is 3.95. The molecule has 0 bridgehead atoms. The van der Waals surface area contributed by atoms with Crippen LogP contribution in [-0.4, -0.2) is 35.2 Å². The fourth-order valence-corrected chi connectivity index (χ4v) is 3.07. The molecule has 28 heavy (non-hydrogen) atoms. The number of nitrogens with zero attached hydrogens (tertiary/aromatic N) is 2. The van der Waals surface area contributed by atoms with Crippen LogP contribution < -0.4 is 10.1 Å². The molecule has 2 aromatic carbocycles. The number of ether oxygens (including phenoxy) is 2. The van der Waals surface area contributed by atoms with Crippen molar-refractivity contribution in [2.24, 2.45) is 0 Å². The van der Waals surface area contributed by atoms with E-state index in [4.69, 9.17) is 9.47 Å². The molecule has 1 saturated heterocycles. The van der Waals surface area contributed by atoms with Crippen LogP contribution in [0.25, 0.3) is 11.4 Å². The zero-order valence-electron chi connectivity index (χ0n) is 15.4. The minimum absolute atomic E-state index is 0.0926. The van der Waals surface area contributed by atoms with Crippen LogP contribution in [0, 0.1) is 0 Å². The Labute approximate surface area is 163 Å². The number of carbonyl (C=O) groups excluding carboxylic acids is 1. The molecule has 1 aliphatic heterocycles. The third kappa shape index (κ3) is 4.35. The molecule has 6 heteroatoms. The molecule has 6 nitrogen and oxygen atoms in total. The van der Waals surface area contributed by atoms with Crippen LogP contribution in [0.15, 0.2) is 67.0 Å². The van der Waals surface area contributed by atoms with Crippen molar-refractivity contribution in [1.29, 1.82) is 0 Å². The first-order valence-corrected chi connectivity index (χ1v) is 9.32. The van der Waals surface area contributed by atoms with Gasteiger partial charge in [-0.2, -0.15) is 0 Å². The lowest BCUT2D eigenvalue weighted by Crippen LogP contribution is -2.19. The van der Waals surface area contributed by atoms with Gasteiger partial charge in [-0.15, -0.1) is 0 Å². The number of anilines is 1. The van der Waals surface area contributed by atoms with Gasteiger partial charge in [0.05, 0.1) is 29.7 Å². The minimum Gasteiger partial charge on any atom is -0.490 e. The summed E-state index contributed by atoms with van der Waals surface area (Å²) in [4.78, 5) is 21.4. The van der Waals surface area contributed by atoms with Gasteiger partial charge < -0.3 is 14.8 Å². The van der Waals surface area contributed by atoms with Crippen LogP contribution in [0.4, 0.5) is 5.69 Å². The number of hydrogen-bond donors (Lipinski definition) is 1. The normalized spacial score (nSPS) is 15.9. The second-order valence-electron chi connectivity index (χ2n) is 6.56. The third-order valence-corrected chi connectivity index (χ3v) is 4.52. The van der Waals surface area contributed by atoms with Gasteiger partial charge in [0.2, 0.25) is 0 Å². The van der Waals surface area contributed by atoms with Gasteiger partial charge in [-0.3, -0.25) is 4.79 Å². The number of carbonyl (C=O) groups is 1. The molecule has 1 aromatic heterocycles. The van der Waals surface area contributed by atoms with Gasteiger partial charge in [-0.05, 0) is 25.0 Å². The molecule has 1 aliphatic rings. The molecule has 0 aliphatic carbocycles. The summed E-state index contributed by atoms with van der Waals surface area (Å²) in [5.74, 6) is 0.884. The molecular weight excluding hydrogens is 354 g/mol. The van der Waals surface area contributed by atoms with E-state index in [-0.39, 0.29) is 12.0 Å². The summed E-state index contributed by atoms with van der Waals surface area (Å²) in [5, 5.41) is 2.83. The largest absolute Gasteiger partial charge is 0.490 e. The van der Waals surface area contributed by atoms with Crippen LogP contribution in [0.5, 0.6) is 5.75 Å². The lowest BCUT2D eigenvalue weighted by molar-refractivity contribution is 0.0673. The number of hydrogen-bond acceptors (Lipinski definition) is 5. The molecule has 2 heterocycles. The first-order valence-electron chi connectivity index (χ1n) is 9.32. The fraction of sp³-hybridized carbons (Fsp3) is 0.227. The number of rotatable bonds is 6. The number of nitrogens with one attached hydrogen (secondary N) is 1. The maximum atomic E-state index is 12.7. The number of para-hydroxylation sites is 1. The number of benzene rings is 2. The van der Waals surface area contributed by atoms with Gasteiger partial charge in [0, 0.05) is 12.2 Å². The van der Waals surface area contributed by atoms with Gasteiger partial charge in [0.15, 0.2) is 5.82 Å². The molecule has 0 saturated carbocycles. The quantitative estimate of drug-likeness (QED) is 0.706. The van der Waals surface area contributed by atoms with Crippen molar-refractivity contribution in [2.75, 3.05) is 18.5 Å². The highest BCUT2D eigenvalue weighted by molar-refractivity contribution is 6.06. The molecule has 1 N–H and O–H groups in total. The van der Waals surface area contributed by atoms with Crippen LogP contribution >= 0.6 is 0 Å². The number of aromatic nitrogens is 2. The van der Waals surface area contributed by atoms with Crippen LogP contribution in [-0.2, 0) is 4.74 Å². The van der Waals surface area contributed by atoms with Gasteiger partial charge in [-0.25, -0.2) is 9.97 Å². The molecule has 3 aromatic rings. The first kappa shape index (κ1) is 18.1. The lowest BCUT2D eigenvalue weighted by Gasteiger charge is -2.14. The highest BCUT2D eigenvalue weighted by atomic mass is 16.5. The van der Waals surface area contributed by atoms with Crippen LogP contribution in [0.1, 0.15) is 23.2 Å². The average molecular weight is 375 g/mol. The van der Waals surface area contributed by atoms with Crippen LogP contribution in [0.2, 0.25) is 0 Å². The van der Waals surface area contributed by atoms with Gasteiger partial charge in [0.1, 0.15) is 12.4 Å². The molecule has 142 valence electrons. The standard InChI is InChI=1S/C22H21N3O3/c26-22(19-10-4-5-11-20(19)28-15-18-9-6-12-27-18)25-17-13-23-21(24-14-17)16-7-2-1-3-8-16/h1-5,7-8,10-11,13-14,18H,6,9,12,15H2,(H,25,26)/t18-/m1/s1. The van der Waals surface area contributed by atoms with Crippen molar-refractivity contribution in [3.8, 4) is 17.1 Å². The summed E-state index contributed by atoms with van der Waals surface area (Å²) in [6, 6.07) is 16.9. The smallest absolute Gasteiger partial charge is 0.259 e. The molecule has 0 radical (unpaired) electrons. The fourth-order valence-electron chi connectivity index (χ4n) is 3.07. The van der Waals surface area contributed by atoms with E-state index in [1.54, 1.807) is 24.5 Å². The monoisotopic (exact) mass is 375 g/mol. The van der Waals surface area contributed by atoms with Gasteiger partial charge in [0.25, 0.3) is 5.91 Å². The van der Waals surface area contributed by atoms with Crippen LogP contribution in [0.3, 0.4) is 0 Å². The van der Waals surface area contributed by atoms with E-state index in [1.807, 2.05) is 42.5 Å². The Balaban J connectivity index is 1.43. The van der Waals surface area contributed by atoms with Crippen molar-refractivity contribution in [3.63, 3.8) is 0 Å². The second-order valence-corrected chi connectivity index (χ2v) is 6.56. The molecule has 1 fully saturated rings. The molecule has 0 unspecified atom stereocenters. The van der Waals surface area contributed by atoms with E-state index in [1.165, 1.54) is 0 Å². The predicted molar refractivity (Wildman–Crippen MR) is 106 cm³/mol. The first-order chi connectivity index (χ1) is 13.8. The zero-order valence-corrected chi connectivity index (χ0v) is 15.4. The Kier molecular flexibility index (Phi) is 5.58. The minimum atomic E-state index is -0.265. The topological polar surface area (TPSA) is 73.3 Å². The highest BCUT2D eigenvalue weighted by Gasteiger charge is 2.18. The maximum absolute atomic E-state index is 12.7. The summed E-state index contributed by atoms with van der Waals surface area (Å²) in [6.45, 7) is 1.22. The SMILES string of the molecule is O=C(Nc1cnc(-c2ccccc2)nc1)c1ccccc1OC[C@H]1CCCO1. The summed E-state index contributed by atoms with van der Waals surface area (Å²) in [5.41, 5.74) is 1.92. The number of amides is 1. The van der Waals surface area contributed by atoms with E-state index >= 15 is 0 Å². The molecule has 4 rings (SSSR count). The van der Waals surface area contributed by atoms with E-state index in [0.29, 0.717) is 29.4 Å². The summed E-state index contributed by atoms with van der Waals surface area (Å²) >= 11 is 0. The van der Waals surface area contributed by atoms with E-state index < -0.39 is 0 Å². The zero-order chi connectivity index (χ0) is 19.2. The molecule has 1 amide bonds. The highest BCUT2D eigenvalue weighted by Crippen LogP contribution is 2.22. The van der Waals surface area contributed by atoms with Crippen molar-refractivity contribution in [3.05, 3.63) is 72.6 Å². The van der Waals surface area contributed by atoms with Gasteiger partial charge >= 0.3 is 0 Å². The van der Waals surface area contributed by atoms with Gasteiger partial charge in [-0.1, -0.05) is 42.5 Å². The average Bonchev–Trinajstić information content (AvgIpc) is 3.27. The Morgan fingerprint density at radius 1 is 1.07 bits per heavy atom. The second kappa shape index (κ2) is 8.63. The Bertz CT molecular complexity index is 923. The van der Waals surface area contributed by atoms with Crippen molar-refractivity contribution >= 4 is 11.6 Å². The summed E-state index contributed by atoms with van der Waals surface area (Å²) in [7, 11) is 0. The Morgan fingerprint density at radius 2 is 1.82 bits per heavy atom. The summed E-state index contributed by atoms with van der Waals surface area (Å²) in [6.07, 6.45) is 5.33. The van der Waals surface area contributed by atoms with E-state index in [0.717, 1.165) is 25.0 Å². The van der Waals surface area contributed by atoms with Crippen molar-refractivity contribution in [2.45, 2.75) is 18.9 Å². The molecular formula is C22H21N3O3.